The summed E-state index contributed by atoms with van der Waals surface area (Å²) >= 11 is 5.81. The first-order valence-electron chi connectivity index (χ1n) is 4.34. The molecular formula is C9H12ClNO3S. The number of halogens is 1. The standard InChI is InChI=1S/C9H12ClNO3S/c1-7-2-3-8(6-9(7)10)15(13,14)11-4-5-12/h2-3,6,11-12H,4-5H2,1H3. The molecule has 4 nitrogen and oxygen atoms in total. The molecule has 0 saturated heterocycles. The molecule has 0 unspecified atom stereocenters. The first-order valence-corrected chi connectivity index (χ1v) is 6.20. The van der Waals surface area contributed by atoms with Crippen LogP contribution < -0.4 is 4.72 Å². The summed E-state index contributed by atoms with van der Waals surface area (Å²) in [6, 6.07) is 4.49. The summed E-state index contributed by atoms with van der Waals surface area (Å²) in [4.78, 5) is 0.103. The van der Waals surface area contributed by atoms with Crippen LogP contribution in [0.2, 0.25) is 5.02 Å². The monoisotopic (exact) mass is 249 g/mol. The average molecular weight is 250 g/mol. The normalized spacial score (nSPS) is 11.7. The van der Waals surface area contributed by atoms with Crippen molar-refractivity contribution in [1.29, 1.82) is 0 Å². The van der Waals surface area contributed by atoms with Gasteiger partial charge in [0.1, 0.15) is 0 Å². The van der Waals surface area contributed by atoms with E-state index in [0.29, 0.717) is 5.02 Å². The minimum absolute atomic E-state index is 0.00612. The first-order chi connectivity index (χ1) is 6.97. The van der Waals surface area contributed by atoms with E-state index in [1.165, 1.54) is 12.1 Å². The van der Waals surface area contributed by atoms with E-state index in [0.717, 1.165) is 5.56 Å². The van der Waals surface area contributed by atoms with Gasteiger partial charge in [-0.25, -0.2) is 13.1 Å². The maximum atomic E-state index is 11.6. The number of sulfonamides is 1. The van der Waals surface area contributed by atoms with Crippen LogP contribution in [0.1, 0.15) is 5.56 Å². The largest absolute Gasteiger partial charge is 0.395 e. The fourth-order valence-electron chi connectivity index (χ4n) is 1.00. The molecule has 0 bridgehead atoms. The van der Waals surface area contributed by atoms with Gasteiger partial charge in [-0.3, -0.25) is 0 Å². The van der Waals surface area contributed by atoms with E-state index >= 15 is 0 Å². The third-order valence-electron chi connectivity index (χ3n) is 1.86. The van der Waals surface area contributed by atoms with Crippen molar-refractivity contribution in [2.45, 2.75) is 11.8 Å². The summed E-state index contributed by atoms with van der Waals surface area (Å²) in [6.07, 6.45) is 0. The Morgan fingerprint density at radius 3 is 2.67 bits per heavy atom. The Balaban J connectivity index is 3.00. The van der Waals surface area contributed by atoms with Crippen LogP contribution in [0.15, 0.2) is 23.1 Å². The van der Waals surface area contributed by atoms with Crippen LogP contribution in [0, 0.1) is 6.92 Å². The van der Waals surface area contributed by atoms with Crippen molar-refractivity contribution in [2.24, 2.45) is 0 Å². The zero-order valence-corrected chi connectivity index (χ0v) is 9.77. The molecule has 0 radical (unpaired) electrons. The number of aryl methyl sites for hydroxylation is 1. The van der Waals surface area contributed by atoms with Crippen molar-refractivity contribution in [1.82, 2.24) is 4.72 Å². The van der Waals surface area contributed by atoms with E-state index in [1.807, 2.05) is 0 Å². The summed E-state index contributed by atoms with van der Waals surface area (Å²) in [5, 5.41) is 8.93. The van der Waals surface area contributed by atoms with Gasteiger partial charge in [0, 0.05) is 11.6 Å². The molecule has 0 amide bonds. The fourth-order valence-corrected chi connectivity index (χ4v) is 2.30. The van der Waals surface area contributed by atoms with Gasteiger partial charge in [-0.05, 0) is 24.6 Å². The lowest BCUT2D eigenvalue weighted by molar-refractivity contribution is 0.301. The molecule has 15 heavy (non-hydrogen) atoms. The van der Waals surface area contributed by atoms with Crippen LogP contribution in [0.25, 0.3) is 0 Å². The quantitative estimate of drug-likeness (QED) is 0.834. The van der Waals surface area contributed by atoms with E-state index in [9.17, 15) is 8.42 Å². The van der Waals surface area contributed by atoms with Crippen molar-refractivity contribution in [3.05, 3.63) is 28.8 Å². The molecule has 6 heteroatoms. The Bertz CT molecular complexity index is 445. The number of aliphatic hydroxyl groups excluding tert-OH is 1. The van der Waals surface area contributed by atoms with Crippen LogP contribution >= 0.6 is 11.6 Å². The predicted octanol–water partition coefficient (Wildman–Crippen LogP) is 0.919. The van der Waals surface area contributed by atoms with Crippen LogP contribution in [0.5, 0.6) is 0 Å². The van der Waals surface area contributed by atoms with Crippen molar-refractivity contribution in [2.75, 3.05) is 13.2 Å². The van der Waals surface area contributed by atoms with Crippen molar-refractivity contribution in [3.63, 3.8) is 0 Å². The maximum Gasteiger partial charge on any atom is 0.240 e. The second-order valence-electron chi connectivity index (χ2n) is 3.03. The molecule has 84 valence electrons. The minimum Gasteiger partial charge on any atom is -0.395 e. The number of benzene rings is 1. The molecule has 1 aromatic carbocycles. The lowest BCUT2D eigenvalue weighted by Gasteiger charge is -2.06. The van der Waals surface area contributed by atoms with E-state index in [4.69, 9.17) is 16.7 Å². The van der Waals surface area contributed by atoms with Gasteiger partial charge >= 0.3 is 0 Å². The summed E-state index contributed by atoms with van der Waals surface area (Å²) in [5.41, 5.74) is 0.817. The molecule has 0 saturated carbocycles. The molecule has 0 fully saturated rings. The van der Waals surface area contributed by atoms with Gasteiger partial charge in [-0.1, -0.05) is 17.7 Å². The highest BCUT2D eigenvalue weighted by Crippen LogP contribution is 2.19. The SMILES string of the molecule is Cc1ccc(S(=O)(=O)NCCO)cc1Cl. The number of rotatable bonds is 4. The fraction of sp³-hybridized carbons (Fsp3) is 0.333. The molecule has 0 aromatic heterocycles. The molecule has 1 rings (SSSR count). The minimum atomic E-state index is -3.56. The Kier molecular flexibility index (Phi) is 4.10. The lowest BCUT2D eigenvalue weighted by atomic mass is 10.2. The van der Waals surface area contributed by atoms with E-state index in [2.05, 4.69) is 4.72 Å². The Hall–Kier alpha value is -0.620. The highest BCUT2D eigenvalue weighted by Gasteiger charge is 2.13. The Labute approximate surface area is 93.9 Å². The van der Waals surface area contributed by atoms with Gasteiger partial charge in [0.05, 0.1) is 11.5 Å². The number of nitrogens with one attached hydrogen (secondary N) is 1. The van der Waals surface area contributed by atoms with Crippen molar-refractivity contribution < 1.29 is 13.5 Å². The molecule has 0 heterocycles. The smallest absolute Gasteiger partial charge is 0.240 e. The third kappa shape index (κ3) is 3.17. The summed E-state index contributed by atoms with van der Waals surface area (Å²) in [7, 11) is -3.56. The van der Waals surface area contributed by atoms with Gasteiger partial charge in [0.25, 0.3) is 0 Å². The van der Waals surface area contributed by atoms with Gasteiger partial charge < -0.3 is 5.11 Å². The molecular weight excluding hydrogens is 238 g/mol. The second-order valence-corrected chi connectivity index (χ2v) is 5.21. The Morgan fingerprint density at radius 2 is 2.13 bits per heavy atom. The molecule has 0 aliphatic rings. The van der Waals surface area contributed by atoms with Crippen molar-refractivity contribution >= 4 is 21.6 Å². The van der Waals surface area contributed by atoms with Crippen LogP contribution in [-0.4, -0.2) is 26.7 Å². The van der Waals surface area contributed by atoms with Gasteiger partial charge in [-0.2, -0.15) is 0 Å². The van der Waals surface area contributed by atoms with Crippen LogP contribution in [0.3, 0.4) is 0 Å². The van der Waals surface area contributed by atoms with E-state index in [1.54, 1.807) is 13.0 Å². The number of hydrogen-bond acceptors (Lipinski definition) is 3. The highest BCUT2D eigenvalue weighted by atomic mass is 35.5. The van der Waals surface area contributed by atoms with Gasteiger partial charge in [0.2, 0.25) is 10.0 Å². The molecule has 0 aliphatic carbocycles. The summed E-state index contributed by atoms with van der Waals surface area (Å²) in [5.74, 6) is 0. The molecule has 1 aromatic rings. The van der Waals surface area contributed by atoms with Crippen LogP contribution in [0.4, 0.5) is 0 Å². The molecule has 0 spiro atoms. The zero-order valence-electron chi connectivity index (χ0n) is 8.20. The van der Waals surface area contributed by atoms with Crippen LogP contribution in [-0.2, 0) is 10.0 Å². The molecule has 0 aliphatic heterocycles. The first kappa shape index (κ1) is 12.4. The predicted molar refractivity (Wildman–Crippen MR) is 58.5 cm³/mol. The summed E-state index contributed by atoms with van der Waals surface area (Å²) in [6.45, 7) is 1.55. The average Bonchev–Trinajstić information content (AvgIpc) is 2.19. The third-order valence-corrected chi connectivity index (χ3v) is 3.72. The van der Waals surface area contributed by atoms with E-state index < -0.39 is 10.0 Å². The Morgan fingerprint density at radius 1 is 1.47 bits per heavy atom. The molecule has 2 N–H and O–H groups in total. The van der Waals surface area contributed by atoms with E-state index in [-0.39, 0.29) is 18.0 Å². The number of aliphatic hydroxyl groups is 1. The summed E-state index contributed by atoms with van der Waals surface area (Å²) < 4.78 is 25.4. The van der Waals surface area contributed by atoms with Gasteiger partial charge in [0.15, 0.2) is 0 Å². The van der Waals surface area contributed by atoms with Crippen molar-refractivity contribution in [3.8, 4) is 0 Å². The second kappa shape index (κ2) is 4.94. The zero-order chi connectivity index (χ0) is 11.5. The molecule has 0 atom stereocenters. The van der Waals surface area contributed by atoms with Gasteiger partial charge in [-0.15, -0.1) is 0 Å². The number of hydrogen-bond donors (Lipinski definition) is 2. The highest BCUT2D eigenvalue weighted by molar-refractivity contribution is 7.89. The maximum absolute atomic E-state index is 11.6. The topological polar surface area (TPSA) is 66.4 Å². The lowest BCUT2D eigenvalue weighted by Crippen LogP contribution is -2.26.